The van der Waals surface area contributed by atoms with Crippen LogP contribution in [-0.4, -0.2) is 19.8 Å². The molecule has 0 unspecified atom stereocenters. The van der Waals surface area contributed by atoms with Gasteiger partial charge in [-0.15, -0.1) is 0 Å². The molecule has 1 rings (SSSR count). The molecule has 0 heterocycles. The molecule has 2 N–H and O–H groups in total. The van der Waals surface area contributed by atoms with Crippen LogP contribution in [0.5, 0.6) is 5.75 Å². The Hall–Kier alpha value is -1.13. The number of ether oxygens (including phenoxy) is 2. The lowest BCUT2D eigenvalue weighted by atomic mass is 10.2. The summed E-state index contributed by atoms with van der Waals surface area (Å²) in [6.07, 6.45) is 0. The minimum atomic E-state index is -0.378. The molecular weight excluding hydrogens is 221 g/mol. The summed E-state index contributed by atoms with van der Waals surface area (Å²) in [6, 6.07) is 4.75. The van der Waals surface area contributed by atoms with Crippen LogP contribution in [-0.2, 0) is 11.3 Å². The van der Waals surface area contributed by atoms with Gasteiger partial charge in [0, 0.05) is 18.7 Å². The van der Waals surface area contributed by atoms with Crippen molar-refractivity contribution in [2.45, 2.75) is 20.4 Å². The Morgan fingerprint density at radius 3 is 2.71 bits per heavy atom. The van der Waals surface area contributed by atoms with Gasteiger partial charge in [0.2, 0.25) is 0 Å². The highest BCUT2D eigenvalue weighted by Gasteiger charge is 2.08. The van der Waals surface area contributed by atoms with Crippen molar-refractivity contribution in [2.75, 3.05) is 19.8 Å². The van der Waals surface area contributed by atoms with Crippen LogP contribution in [0.25, 0.3) is 0 Å². The minimum absolute atomic E-state index is 0.239. The Balaban J connectivity index is 2.40. The smallest absolute Gasteiger partial charge is 0.165 e. The van der Waals surface area contributed by atoms with E-state index in [0.29, 0.717) is 31.3 Å². The Morgan fingerprint density at radius 2 is 2.06 bits per heavy atom. The second-order valence-corrected chi connectivity index (χ2v) is 4.25. The van der Waals surface area contributed by atoms with Crippen molar-refractivity contribution >= 4 is 0 Å². The van der Waals surface area contributed by atoms with Crippen molar-refractivity contribution < 1.29 is 13.9 Å². The summed E-state index contributed by atoms with van der Waals surface area (Å²) in [5.41, 5.74) is 6.19. The maximum atomic E-state index is 13.5. The van der Waals surface area contributed by atoms with E-state index in [4.69, 9.17) is 15.2 Å². The van der Waals surface area contributed by atoms with E-state index in [1.54, 1.807) is 12.1 Å². The predicted molar refractivity (Wildman–Crippen MR) is 65.4 cm³/mol. The van der Waals surface area contributed by atoms with Gasteiger partial charge in [0.05, 0.1) is 6.61 Å². The van der Waals surface area contributed by atoms with Crippen molar-refractivity contribution in [2.24, 2.45) is 11.7 Å². The van der Waals surface area contributed by atoms with Gasteiger partial charge < -0.3 is 15.2 Å². The summed E-state index contributed by atoms with van der Waals surface area (Å²) in [4.78, 5) is 0. The van der Waals surface area contributed by atoms with Crippen LogP contribution in [0.1, 0.15) is 19.4 Å². The van der Waals surface area contributed by atoms with E-state index in [-0.39, 0.29) is 18.1 Å². The highest BCUT2D eigenvalue weighted by Crippen LogP contribution is 2.21. The quantitative estimate of drug-likeness (QED) is 0.745. The van der Waals surface area contributed by atoms with Crippen molar-refractivity contribution in [3.63, 3.8) is 0 Å². The first-order valence-electron chi connectivity index (χ1n) is 5.83. The average molecular weight is 241 g/mol. The standard InChI is InChI=1S/C13H20FNO2/c1-10(2)9-16-6-7-17-13-11(8-15)4-3-5-12(13)14/h3-5,10H,6-9,15H2,1-2H3. The van der Waals surface area contributed by atoms with Gasteiger partial charge in [-0.2, -0.15) is 0 Å². The van der Waals surface area contributed by atoms with Crippen LogP contribution < -0.4 is 10.5 Å². The first-order valence-corrected chi connectivity index (χ1v) is 5.83. The lowest BCUT2D eigenvalue weighted by Crippen LogP contribution is -2.12. The number of hydrogen-bond donors (Lipinski definition) is 1. The van der Waals surface area contributed by atoms with E-state index in [1.807, 2.05) is 0 Å². The van der Waals surface area contributed by atoms with Gasteiger partial charge in [-0.05, 0) is 12.0 Å². The summed E-state index contributed by atoms with van der Waals surface area (Å²) in [5, 5.41) is 0. The molecule has 1 aromatic rings. The fourth-order valence-electron chi connectivity index (χ4n) is 1.40. The molecule has 0 aliphatic carbocycles. The molecule has 0 aromatic heterocycles. The predicted octanol–water partition coefficient (Wildman–Crippen LogP) is 2.34. The Labute approximate surface area is 102 Å². The fraction of sp³-hybridized carbons (Fsp3) is 0.538. The second-order valence-electron chi connectivity index (χ2n) is 4.25. The van der Waals surface area contributed by atoms with E-state index >= 15 is 0 Å². The molecule has 0 bridgehead atoms. The van der Waals surface area contributed by atoms with Crippen LogP contribution >= 0.6 is 0 Å². The zero-order valence-corrected chi connectivity index (χ0v) is 10.4. The molecule has 0 amide bonds. The third-order valence-corrected chi connectivity index (χ3v) is 2.19. The largest absolute Gasteiger partial charge is 0.488 e. The van der Waals surface area contributed by atoms with Gasteiger partial charge in [0.15, 0.2) is 11.6 Å². The monoisotopic (exact) mass is 241 g/mol. The topological polar surface area (TPSA) is 44.5 Å². The van der Waals surface area contributed by atoms with Gasteiger partial charge in [-0.1, -0.05) is 26.0 Å². The molecule has 1 aromatic carbocycles. The van der Waals surface area contributed by atoms with Gasteiger partial charge in [-0.25, -0.2) is 4.39 Å². The lowest BCUT2D eigenvalue weighted by Gasteiger charge is -2.12. The van der Waals surface area contributed by atoms with Gasteiger partial charge in [0.1, 0.15) is 6.61 Å². The van der Waals surface area contributed by atoms with Crippen molar-refractivity contribution in [3.8, 4) is 5.75 Å². The SMILES string of the molecule is CC(C)COCCOc1c(F)cccc1CN. The number of rotatable bonds is 7. The first-order chi connectivity index (χ1) is 8.15. The molecule has 17 heavy (non-hydrogen) atoms. The summed E-state index contributed by atoms with van der Waals surface area (Å²) < 4.78 is 24.2. The molecule has 96 valence electrons. The number of benzene rings is 1. The van der Waals surface area contributed by atoms with Crippen LogP contribution in [0.4, 0.5) is 4.39 Å². The van der Waals surface area contributed by atoms with E-state index in [0.717, 1.165) is 0 Å². The molecule has 0 aliphatic rings. The summed E-state index contributed by atoms with van der Waals surface area (Å²) in [6.45, 7) is 5.88. The zero-order valence-electron chi connectivity index (χ0n) is 10.4. The Kier molecular flexibility index (Phi) is 5.94. The van der Waals surface area contributed by atoms with Gasteiger partial charge >= 0.3 is 0 Å². The third kappa shape index (κ3) is 4.71. The lowest BCUT2D eigenvalue weighted by molar-refractivity contribution is 0.0805. The first kappa shape index (κ1) is 13.9. The number of hydrogen-bond acceptors (Lipinski definition) is 3. The zero-order chi connectivity index (χ0) is 12.7. The fourth-order valence-corrected chi connectivity index (χ4v) is 1.40. The van der Waals surface area contributed by atoms with Crippen LogP contribution in [0.15, 0.2) is 18.2 Å². The van der Waals surface area contributed by atoms with E-state index in [9.17, 15) is 4.39 Å². The van der Waals surface area contributed by atoms with Crippen LogP contribution in [0.2, 0.25) is 0 Å². The molecule has 0 saturated carbocycles. The Bertz CT molecular complexity index is 342. The highest BCUT2D eigenvalue weighted by molar-refractivity contribution is 5.34. The molecule has 0 fully saturated rings. The van der Waals surface area contributed by atoms with Crippen molar-refractivity contribution in [1.29, 1.82) is 0 Å². The average Bonchev–Trinajstić information content (AvgIpc) is 2.30. The number of nitrogens with two attached hydrogens (primary N) is 1. The number of para-hydroxylation sites is 1. The van der Waals surface area contributed by atoms with Crippen molar-refractivity contribution in [3.05, 3.63) is 29.6 Å². The molecular formula is C13H20FNO2. The number of halogens is 1. The normalized spacial score (nSPS) is 10.9. The molecule has 0 saturated heterocycles. The highest BCUT2D eigenvalue weighted by atomic mass is 19.1. The molecule has 0 radical (unpaired) electrons. The minimum Gasteiger partial charge on any atom is -0.488 e. The van der Waals surface area contributed by atoms with Crippen LogP contribution in [0, 0.1) is 11.7 Å². The van der Waals surface area contributed by atoms with Gasteiger partial charge in [-0.3, -0.25) is 0 Å². The molecule has 4 heteroatoms. The molecule has 0 spiro atoms. The van der Waals surface area contributed by atoms with E-state index in [2.05, 4.69) is 13.8 Å². The maximum Gasteiger partial charge on any atom is 0.165 e. The van der Waals surface area contributed by atoms with Gasteiger partial charge in [0.25, 0.3) is 0 Å². The summed E-state index contributed by atoms with van der Waals surface area (Å²) in [5.74, 6) is 0.350. The van der Waals surface area contributed by atoms with Crippen molar-refractivity contribution in [1.82, 2.24) is 0 Å². The second kappa shape index (κ2) is 7.25. The molecule has 0 atom stereocenters. The van der Waals surface area contributed by atoms with E-state index < -0.39 is 0 Å². The molecule has 3 nitrogen and oxygen atoms in total. The Morgan fingerprint density at radius 1 is 1.29 bits per heavy atom. The third-order valence-electron chi connectivity index (χ3n) is 2.19. The summed E-state index contributed by atoms with van der Waals surface area (Å²) >= 11 is 0. The maximum absolute atomic E-state index is 13.5. The van der Waals surface area contributed by atoms with E-state index in [1.165, 1.54) is 6.07 Å². The summed E-state index contributed by atoms with van der Waals surface area (Å²) in [7, 11) is 0. The molecule has 0 aliphatic heterocycles. The van der Waals surface area contributed by atoms with Crippen LogP contribution in [0.3, 0.4) is 0 Å².